The first-order valence-corrected chi connectivity index (χ1v) is 7.07. The molecular formula is C17H15N3O3. The van der Waals surface area contributed by atoms with Crippen molar-refractivity contribution >= 4 is 17.1 Å². The molecule has 0 fully saturated rings. The Kier molecular flexibility index (Phi) is 4.05. The molecule has 0 saturated heterocycles. The highest BCUT2D eigenvalue weighted by Crippen LogP contribution is 2.24. The van der Waals surface area contributed by atoms with Crippen LogP contribution in [0.15, 0.2) is 58.3 Å². The summed E-state index contributed by atoms with van der Waals surface area (Å²) in [6.45, 7) is 0.373. The molecule has 0 aliphatic rings. The summed E-state index contributed by atoms with van der Waals surface area (Å²) in [7, 11) is 1.57. The molecule has 0 aliphatic carbocycles. The Morgan fingerprint density at radius 2 is 1.87 bits per heavy atom. The van der Waals surface area contributed by atoms with Crippen LogP contribution in [-0.4, -0.2) is 12.1 Å². The van der Waals surface area contributed by atoms with E-state index in [2.05, 4.69) is 15.6 Å². The van der Waals surface area contributed by atoms with Gasteiger partial charge >= 0.3 is 0 Å². The second-order valence-electron chi connectivity index (χ2n) is 4.94. The fraction of sp³-hybridized carbons (Fsp3) is 0.118. The van der Waals surface area contributed by atoms with E-state index in [-0.39, 0.29) is 11.4 Å². The maximum absolute atomic E-state index is 11.8. The van der Waals surface area contributed by atoms with Gasteiger partial charge in [-0.2, -0.15) is 0 Å². The van der Waals surface area contributed by atoms with Crippen molar-refractivity contribution in [2.45, 2.75) is 6.54 Å². The van der Waals surface area contributed by atoms with Crippen molar-refractivity contribution in [2.24, 2.45) is 0 Å². The van der Waals surface area contributed by atoms with Gasteiger partial charge in [-0.1, -0.05) is 12.1 Å². The summed E-state index contributed by atoms with van der Waals surface area (Å²) in [5.41, 5.74) is 0.954. The zero-order chi connectivity index (χ0) is 16.2. The Hall–Kier alpha value is -3.15. The molecule has 0 bridgehead atoms. The molecule has 1 aromatic heterocycles. The first-order valence-electron chi connectivity index (χ1n) is 7.07. The van der Waals surface area contributed by atoms with Gasteiger partial charge in [0, 0.05) is 18.0 Å². The molecule has 3 aromatic rings. The zero-order valence-electron chi connectivity index (χ0n) is 12.5. The molecule has 1 heterocycles. The monoisotopic (exact) mass is 309 g/mol. The maximum atomic E-state index is 11.8. The van der Waals surface area contributed by atoms with Crippen molar-refractivity contribution in [3.05, 3.63) is 74.8 Å². The van der Waals surface area contributed by atoms with Gasteiger partial charge in [0.15, 0.2) is 0 Å². The number of nitrogens with one attached hydrogen (secondary N) is 2. The first-order chi connectivity index (χ1) is 11.2. The highest BCUT2D eigenvalue weighted by atomic mass is 16.5. The number of rotatable bonds is 6. The molecule has 3 rings (SSSR count). The van der Waals surface area contributed by atoms with Gasteiger partial charge in [-0.15, -0.1) is 0 Å². The van der Waals surface area contributed by atoms with Crippen molar-refractivity contribution in [3.63, 3.8) is 0 Å². The first kappa shape index (κ1) is 14.8. The van der Waals surface area contributed by atoms with Crippen LogP contribution in [-0.2, 0) is 6.54 Å². The zero-order valence-corrected chi connectivity index (χ0v) is 12.5. The topological polar surface area (TPSA) is 80.3 Å². The van der Waals surface area contributed by atoms with Crippen molar-refractivity contribution in [1.82, 2.24) is 4.98 Å². The summed E-state index contributed by atoms with van der Waals surface area (Å²) in [6, 6.07) is 12.7. The lowest BCUT2D eigenvalue weighted by Gasteiger charge is -2.15. The Bertz CT molecular complexity index is 884. The molecule has 0 unspecified atom stereocenters. The third kappa shape index (κ3) is 3.06. The van der Waals surface area contributed by atoms with Crippen LogP contribution in [0.25, 0.3) is 0 Å². The average molecular weight is 309 g/mol. The van der Waals surface area contributed by atoms with E-state index in [9.17, 15) is 9.59 Å². The molecule has 2 aromatic carbocycles. The molecule has 23 heavy (non-hydrogen) atoms. The molecule has 0 amide bonds. The molecule has 6 nitrogen and oxygen atoms in total. The summed E-state index contributed by atoms with van der Waals surface area (Å²) in [5.74, 6) is 0.664. The van der Waals surface area contributed by atoms with Gasteiger partial charge in [0.2, 0.25) is 0 Å². The molecular weight excluding hydrogens is 294 g/mol. The van der Waals surface area contributed by atoms with Crippen LogP contribution >= 0.6 is 0 Å². The van der Waals surface area contributed by atoms with E-state index < -0.39 is 10.9 Å². The maximum Gasteiger partial charge on any atom is 0.253 e. The van der Waals surface area contributed by atoms with Crippen LogP contribution in [0, 0.1) is 0 Å². The van der Waals surface area contributed by atoms with E-state index >= 15 is 0 Å². The van der Waals surface area contributed by atoms with Gasteiger partial charge in [-0.3, -0.25) is 14.6 Å². The predicted octanol–water partition coefficient (Wildman–Crippen LogP) is 2.04. The molecule has 0 atom stereocenters. The second kappa shape index (κ2) is 6.31. The summed E-state index contributed by atoms with van der Waals surface area (Å²) in [6.07, 6.45) is 1.68. The fourth-order valence-corrected chi connectivity index (χ4v) is 2.21. The van der Waals surface area contributed by atoms with Crippen LogP contribution in [0.5, 0.6) is 5.75 Å². The van der Waals surface area contributed by atoms with E-state index in [0.29, 0.717) is 18.0 Å². The molecule has 6 heteroatoms. The van der Waals surface area contributed by atoms with Gasteiger partial charge in [0.05, 0.1) is 19.3 Å². The number of anilines is 3. The number of hydrogen-bond donors (Lipinski definition) is 2. The highest BCUT2D eigenvalue weighted by Gasteiger charge is 2.20. The number of nitrogens with zero attached hydrogens (tertiary/aromatic N) is 1. The predicted molar refractivity (Wildman–Crippen MR) is 89.2 cm³/mol. The van der Waals surface area contributed by atoms with Gasteiger partial charge in [0.25, 0.3) is 10.9 Å². The van der Waals surface area contributed by atoms with Crippen LogP contribution < -0.4 is 26.2 Å². The Morgan fingerprint density at radius 1 is 1.04 bits per heavy atom. The minimum absolute atomic E-state index is 0.263. The third-order valence-corrected chi connectivity index (χ3v) is 3.42. The number of benzene rings is 1. The van der Waals surface area contributed by atoms with E-state index in [4.69, 9.17) is 4.74 Å². The normalized spacial score (nSPS) is 10.5. The smallest absolute Gasteiger partial charge is 0.253 e. The summed E-state index contributed by atoms with van der Waals surface area (Å²) in [5, 5.41) is 5.93. The van der Waals surface area contributed by atoms with E-state index in [1.165, 1.54) is 0 Å². The van der Waals surface area contributed by atoms with Crippen molar-refractivity contribution in [3.8, 4) is 5.75 Å². The van der Waals surface area contributed by atoms with Gasteiger partial charge in [0.1, 0.15) is 17.1 Å². The van der Waals surface area contributed by atoms with Crippen molar-refractivity contribution in [2.75, 3.05) is 17.7 Å². The standard InChI is InChI=1S/C17H15N3O3/c1-23-13-7-4-6-11(9-13)20-15-14(16(21)17(15)22)19-10-12-5-2-3-8-18-12/h2-9,19-20H,10H2,1H3. The molecule has 116 valence electrons. The van der Waals surface area contributed by atoms with Crippen LogP contribution in [0.4, 0.5) is 17.1 Å². The number of methoxy groups -OCH3 is 1. The highest BCUT2D eigenvalue weighted by molar-refractivity contribution is 5.78. The fourth-order valence-electron chi connectivity index (χ4n) is 2.21. The minimum atomic E-state index is -0.531. The number of ether oxygens (including phenoxy) is 1. The lowest BCUT2D eigenvalue weighted by atomic mass is 10.1. The van der Waals surface area contributed by atoms with Crippen LogP contribution in [0.2, 0.25) is 0 Å². The van der Waals surface area contributed by atoms with E-state index in [1.54, 1.807) is 37.6 Å². The second-order valence-corrected chi connectivity index (χ2v) is 4.94. The van der Waals surface area contributed by atoms with Gasteiger partial charge in [-0.05, 0) is 24.3 Å². The Balaban J connectivity index is 1.77. The van der Waals surface area contributed by atoms with Gasteiger partial charge < -0.3 is 15.4 Å². The lowest BCUT2D eigenvalue weighted by molar-refractivity contribution is 0.415. The molecule has 0 saturated carbocycles. The van der Waals surface area contributed by atoms with Crippen molar-refractivity contribution in [1.29, 1.82) is 0 Å². The van der Waals surface area contributed by atoms with Crippen LogP contribution in [0.3, 0.4) is 0 Å². The molecule has 0 spiro atoms. The van der Waals surface area contributed by atoms with Crippen LogP contribution in [0.1, 0.15) is 5.69 Å². The Labute approximate surface area is 132 Å². The number of hydrogen-bond acceptors (Lipinski definition) is 6. The summed E-state index contributed by atoms with van der Waals surface area (Å²) >= 11 is 0. The van der Waals surface area contributed by atoms with E-state index in [0.717, 1.165) is 5.69 Å². The SMILES string of the molecule is COc1cccc(Nc2c(NCc3ccccn3)c(=O)c2=O)c1. The Morgan fingerprint density at radius 3 is 2.61 bits per heavy atom. The molecule has 0 aliphatic heterocycles. The van der Waals surface area contributed by atoms with Gasteiger partial charge in [-0.25, -0.2) is 0 Å². The summed E-state index contributed by atoms with van der Waals surface area (Å²) < 4.78 is 5.14. The molecule has 0 radical (unpaired) electrons. The largest absolute Gasteiger partial charge is 0.497 e. The number of aromatic nitrogens is 1. The molecule has 2 N–H and O–H groups in total. The summed E-state index contributed by atoms with van der Waals surface area (Å²) in [4.78, 5) is 27.7. The average Bonchev–Trinajstić information content (AvgIpc) is 2.61. The van der Waals surface area contributed by atoms with Crippen molar-refractivity contribution < 1.29 is 4.74 Å². The van der Waals surface area contributed by atoms with E-state index in [1.807, 2.05) is 18.2 Å². The quantitative estimate of drug-likeness (QED) is 0.678. The third-order valence-electron chi connectivity index (χ3n) is 3.42. The lowest BCUT2D eigenvalue weighted by Crippen LogP contribution is -2.36. The minimum Gasteiger partial charge on any atom is -0.497 e. The number of pyridine rings is 1.